The number of halogens is 4. The topological polar surface area (TPSA) is 74.5 Å². The molecule has 0 aromatic carbocycles. The fraction of sp³-hybridized carbons (Fsp3) is 0.375. The molecule has 0 atom stereocenters. The van der Waals surface area contributed by atoms with Gasteiger partial charge in [0.15, 0.2) is 5.75 Å². The van der Waals surface area contributed by atoms with Crippen molar-refractivity contribution in [1.29, 1.82) is 0 Å². The molecule has 0 amide bonds. The monoisotopic (exact) mass is 286 g/mol. The molecule has 1 aromatic heterocycles. The van der Waals surface area contributed by atoms with E-state index in [4.69, 9.17) is 11.6 Å². The van der Waals surface area contributed by atoms with Gasteiger partial charge in [0.05, 0.1) is 13.0 Å². The van der Waals surface area contributed by atoms with Gasteiger partial charge in [-0.05, 0) is 9.91 Å². The molecule has 100 valence electrons. The van der Waals surface area contributed by atoms with Crippen molar-refractivity contribution in [2.24, 2.45) is 0 Å². The lowest BCUT2D eigenvalue weighted by molar-refractivity contribution is -0.390. The zero-order chi connectivity index (χ0) is 13.9. The average molecular weight is 287 g/mol. The van der Waals surface area contributed by atoms with Gasteiger partial charge in [0.2, 0.25) is 11.4 Å². The Labute approximate surface area is 103 Å². The summed E-state index contributed by atoms with van der Waals surface area (Å²) in [6.45, 7) is 0. The minimum atomic E-state index is -4.95. The van der Waals surface area contributed by atoms with Crippen molar-refractivity contribution >= 4 is 17.4 Å². The van der Waals surface area contributed by atoms with Gasteiger partial charge in [-0.15, -0.1) is 24.8 Å². The van der Waals surface area contributed by atoms with E-state index < -0.39 is 40.2 Å². The largest absolute Gasteiger partial charge is 0.573 e. The molecule has 1 aromatic rings. The number of hydrogen-bond donors (Lipinski definition) is 0. The maximum atomic E-state index is 12.1. The smallest absolute Gasteiger partial charge is 0.489 e. The van der Waals surface area contributed by atoms with Crippen LogP contribution in [0.15, 0.2) is 6.07 Å². The minimum absolute atomic E-state index is 0.401. The highest BCUT2D eigenvalue weighted by molar-refractivity contribution is 6.17. The second-order valence-corrected chi connectivity index (χ2v) is 3.16. The first kappa shape index (κ1) is 14.3. The number of nitro groups is 1. The number of pyridine rings is 1. The van der Waals surface area contributed by atoms with Crippen molar-refractivity contribution in [3.05, 3.63) is 21.9 Å². The van der Waals surface area contributed by atoms with E-state index in [2.05, 4.69) is 14.5 Å². The van der Waals surface area contributed by atoms with Crippen LogP contribution in [0.1, 0.15) is 5.69 Å². The summed E-state index contributed by atoms with van der Waals surface area (Å²) >= 11 is 5.36. The maximum absolute atomic E-state index is 12.1. The zero-order valence-corrected chi connectivity index (χ0v) is 9.58. The van der Waals surface area contributed by atoms with Gasteiger partial charge in [0.25, 0.3) is 0 Å². The van der Waals surface area contributed by atoms with Crippen LogP contribution in [-0.4, -0.2) is 23.4 Å². The molecular formula is C8H6ClF3N2O4. The van der Waals surface area contributed by atoms with Crippen LogP contribution < -0.4 is 9.47 Å². The number of methoxy groups -OCH3 is 1. The van der Waals surface area contributed by atoms with Crippen molar-refractivity contribution in [3.63, 3.8) is 0 Å². The molecule has 0 radical (unpaired) electrons. The van der Waals surface area contributed by atoms with Crippen molar-refractivity contribution in [2.75, 3.05) is 7.11 Å². The predicted molar refractivity (Wildman–Crippen MR) is 53.7 cm³/mol. The lowest BCUT2D eigenvalue weighted by Crippen LogP contribution is -2.18. The Kier molecular flexibility index (Phi) is 4.17. The Morgan fingerprint density at radius 1 is 1.50 bits per heavy atom. The van der Waals surface area contributed by atoms with E-state index in [1.807, 2.05) is 0 Å². The van der Waals surface area contributed by atoms with Gasteiger partial charge < -0.3 is 19.6 Å². The van der Waals surface area contributed by atoms with Crippen LogP contribution in [0.2, 0.25) is 0 Å². The lowest BCUT2D eigenvalue weighted by atomic mass is 10.3. The van der Waals surface area contributed by atoms with Crippen LogP contribution >= 0.6 is 11.6 Å². The summed E-state index contributed by atoms with van der Waals surface area (Å²) in [4.78, 5) is 13.1. The molecular weight excluding hydrogens is 281 g/mol. The van der Waals surface area contributed by atoms with Gasteiger partial charge >= 0.3 is 12.2 Å². The minimum Gasteiger partial charge on any atom is -0.489 e. The predicted octanol–water partition coefficient (Wildman–Crippen LogP) is 2.64. The van der Waals surface area contributed by atoms with Gasteiger partial charge in [-0.3, -0.25) is 0 Å². The van der Waals surface area contributed by atoms with Gasteiger partial charge in [-0.1, -0.05) is 0 Å². The molecule has 0 aliphatic carbocycles. The normalized spacial score (nSPS) is 11.2. The van der Waals surface area contributed by atoms with Crippen LogP contribution in [0.5, 0.6) is 11.5 Å². The second-order valence-electron chi connectivity index (χ2n) is 2.90. The number of alkyl halides is 4. The highest BCUT2D eigenvalue weighted by Gasteiger charge is 2.35. The van der Waals surface area contributed by atoms with E-state index in [0.29, 0.717) is 0 Å². The molecule has 0 fully saturated rings. The molecule has 0 saturated carbocycles. The third-order valence-electron chi connectivity index (χ3n) is 1.75. The van der Waals surface area contributed by atoms with E-state index in [-0.39, 0.29) is 0 Å². The van der Waals surface area contributed by atoms with Crippen LogP contribution in [0.3, 0.4) is 0 Å². The molecule has 0 spiro atoms. The van der Waals surface area contributed by atoms with Crippen molar-refractivity contribution in [2.45, 2.75) is 12.2 Å². The average Bonchev–Trinajstić information content (AvgIpc) is 2.25. The Bertz CT molecular complexity index is 466. The fourth-order valence-corrected chi connectivity index (χ4v) is 1.29. The van der Waals surface area contributed by atoms with E-state index in [1.165, 1.54) is 0 Å². The third-order valence-corrected chi connectivity index (χ3v) is 2.01. The van der Waals surface area contributed by atoms with Crippen LogP contribution in [0.25, 0.3) is 0 Å². The highest BCUT2D eigenvalue weighted by Crippen LogP contribution is 2.34. The maximum Gasteiger partial charge on any atom is 0.573 e. The Hall–Kier alpha value is -1.77. The summed E-state index contributed by atoms with van der Waals surface area (Å²) < 4.78 is 44.5. The number of ether oxygens (including phenoxy) is 2. The molecule has 0 aliphatic heterocycles. The molecule has 0 unspecified atom stereocenters. The first-order valence-corrected chi connectivity index (χ1v) is 4.86. The van der Waals surface area contributed by atoms with Gasteiger partial charge in [0, 0.05) is 6.07 Å². The molecule has 0 N–H and O–H groups in total. The first-order chi connectivity index (χ1) is 8.28. The van der Waals surface area contributed by atoms with Crippen molar-refractivity contribution < 1.29 is 27.6 Å². The fourth-order valence-electron chi connectivity index (χ4n) is 1.09. The quantitative estimate of drug-likeness (QED) is 0.483. The summed E-state index contributed by atoms with van der Waals surface area (Å²) in [5.41, 5.74) is -0.401. The van der Waals surface area contributed by atoms with E-state index >= 15 is 0 Å². The first-order valence-electron chi connectivity index (χ1n) is 4.32. The van der Waals surface area contributed by atoms with Crippen molar-refractivity contribution in [1.82, 2.24) is 4.98 Å². The summed E-state index contributed by atoms with van der Waals surface area (Å²) in [7, 11) is 1.06. The molecule has 1 rings (SSSR count). The SMILES string of the molecule is COc1cc(OC(F)(F)F)c(CCl)nc1[N+](=O)[O-]. The molecule has 6 nitrogen and oxygen atoms in total. The Morgan fingerprint density at radius 2 is 2.11 bits per heavy atom. The lowest BCUT2D eigenvalue weighted by Gasteiger charge is -2.10. The molecule has 18 heavy (non-hydrogen) atoms. The molecule has 0 bridgehead atoms. The van der Waals surface area contributed by atoms with Gasteiger partial charge in [-0.2, -0.15) is 0 Å². The molecule has 1 heterocycles. The molecule has 0 aliphatic rings. The number of rotatable bonds is 4. The summed E-state index contributed by atoms with van der Waals surface area (Å²) in [6.07, 6.45) is -4.95. The second kappa shape index (κ2) is 5.25. The number of nitrogens with zero attached hydrogens (tertiary/aromatic N) is 2. The highest BCUT2D eigenvalue weighted by atomic mass is 35.5. The number of hydrogen-bond acceptors (Lipinski definition) is 5. The third kappa shape index (κ3) is 3.36. The van der Waals surface area contributed by atoms with Gasteiger partial charge in [0.1, 0.15) is 0 Å². The van der Waals surface area contributed by atoms with Gasteiger partial charge in [-0.25, -0.2) is 0 Å². The van der Waals surface area contributed by atoms with Crippen LogP contribution in [0.4, 0.5) is 19.0 Å². The van der Waals surface area contributed by atoms with Crippen molar-refractivity contribution in [3.8, 4) is 11.5 Å². The van der Waals surface area contributed by atoms with E-state index in [0.717, 1.165) is 13.2 Å². The zero-order valence-electron chi connectivity index (χ0n) is 8.82. The van der Waals surface area contributed by atoms with Crippen LogP contribution in [-0.2, 0) is 5.88 Å². The summed E-state index contributed by atoms with van der Waals surface area (Å²) in [5, 5.41) is 10.6. The van der Waals surface area contributed by atoms with E-state index in [1.54, 1.807) is 0 Å². The summed E-state index contributed by atoms with van der Waals surface area (Å²) in [5.74, 6) is -2.40. The standard InChI is InChI=1S/C8H6ClF3N2O4/c1-17-6-2-5(18-8(10,11)12)4(3-9)13-7(6)14(15)16/h2H,3H2,1H3. The molecule has 10 heteroatoms. The Morgan fingerprint density at radius 3 is 2.50 bits per heavy atom. The number of aromatic nitrogens is 1. The Balaban J connectivity index is 3.30. The van der Waals surface area contributed by atoms with Crippen LogP contribution in [0, 0.1) is 10.1 Å². The summed E-state index contributed by atoms with van der Waals surface area (Å²) in [6, 6.07) is 0.719. The van der Waals surface area contributed by atoms with E-state index in [9.17, 15) is 23.3 Å². The molecule has 0 saturated heterocycles.